The first-order valence-electron chi connectivity index (χ1n) is 9.64. The number of aliphatic hydroxyl groups is 1. The summed E-state index contributed by atoms with van der Waals surface area (Å²) in [5.74, 6) is 0.280. The van der Waals surface area contributed by atoms with Crippen molar-refractivity contribution in [2.24, 2.45) is 0 Å². The molecule has 8 heteroatoms. The van der Waals surface area contributed by atoms with Gasteiger partial charge in [-0.1, -0.05) is 18.2 Å². The Bertz CT molecular complexity index is 1200. The van der Waals surface area contributed by atoms with E-state index in [2.05, 4.69) is 15.5 Å². The molecule has 7 nitrogen and oxygen atoms in total. The Morgan fingerprint density at radius 1 is 1.19 bits per heavy atom. The van der Waals surface area contributed by atoms with Crippen molar-refractivity contribution in [3.8, 4) is 5.75 Å². The van der Waals surface area contributed by atoms with E-state index in [-0.39, 0.29) is 31.5 Å². The third-order valence-electron chi connectivity index (χ3n) is 4.60. The van der Waals surface area contributed by atoms with Crippen LogP contribution < -0.4 is 10.1 Å². The molecule has 2 aromatic carbocycles. The second-order valence-electron chi connectivity index (χ2n) is 6.69. The van der Waals surface area contributed by atoms with Crippen LogP contribution in [0, 0.1) is 5.82 Å². The maximum absolute atomic E-state index is 13.1. The molecule has 4 aromatic rings. The fourth-order valence-corrected chi connectivity index (χ4v) is 3.13. The number of aliphatic hydroxyl groups excluding tert-OH is 1. The van der Waals surface area contributed by atoms with Crippen molar-refractivity contribution in [3.05, 3.63) is 83.2 Å². The van der Waals surface area contributed by atoms with E-state index in [0.29, 0.717) is 33.7 Å². The molecular weight excluding hydrogens is 401 g/mol. The van der Waals surface area contributed by atoms with Crippen molar-refractivity contribution in [2.75, 3.05) is 13.2 Å². The van der Waals surface area contributed by atoms with Crippen LogP contribution in [0.1, 0.15) is 27.4 Å². The first kappa shape index (κ1) is 20.4. The Hall–Kier alpha value is -3.91. The van der Waals surface area contributed by atoms with Crippen molar-refractivity contribution in [1.29, 1.82) is 0 Å². The van der Waals surface area contributed by atoms with Gasteiger partial charge >= 0.3 is 0 Å². The molecule has 0 bridgehead atoms. The number of carbonyl (C=O) groups is 1. The van der Waals surface area contributed by atoms with Crippen molar-refractivity contribution >= 4 is 29.0 Å². The zero-order valence-corrected chi connectivity index (χ0v) is 16.5. The Balaban J connectivity index is 1.68. The zero-order chi connectivity index (χ0) is 21.6. The molecule has 0 aliphatic rings. The molecule has 0 spiro atoms. The Morgan fingerprint density at radius 3 is 2.77 bits per heavy atom. The summed E-state index contributed by atoms with van der Waals surface area (Å²) < 4.78 is 24.1. The largest absolute Gasteiger partial charge is 0.490 e. The van der Waals surface area contributed by atoms with Gasteiger partial charge in [0, 0.05) is 0 Å². The molecule has 2 aromatic heterocycles. The molecule has 0 fully saturated rings. The normalized spacial score (nSPS) is 11.3. The number of hydrogen-bond acceptors (Lipinski definition) is 5. The summed E-state index contributed by atoms with van der Waals surface area (Å²) in [4.78, 5) is 12.8. The van der Waals surface area contributed by atoms with Crippen LogP contribution in [0.15, 0.2) is 59.2 Å². The number of H-pyrrole nitrogens is 1. The molecule has 0 unspecified atom stereocenters. The van der Waals surface area contributed by atoms with Gasteiger partial charge in [-0.15, -0.1) is 0 Å². The Morgan fingerprint density at radius 2 is 2.03 bits per heavy atom. The first-order valence-corrected chi connectivity index (χ1v) is 9.64. The lowest BCUT2D eigenvalue weighted by molar-refractivity contribution is 0.0942. The van der Waals surface area contributed by atoms with Crippen molar-refractivity contribution in [1.82, 2.24) is 15.5 Å². The molecule has 0 saturated carbocycles. The smallest absolute Gasteiger partial charge is 0.255 e. The monoisotopic (exact) mass is 421 g/mol. The number of halogens is 1. The highest BCUT2D eigenvalue weighted by Crippen LogP contribution is 2.32. The van der Waals surface area contributed by atoms with Crippen LogP contribution in [-0.2, 0) is 6.54 Å². The quantitative estimate of drug-likeness (QED) is 0.402. The third kappa shape index (κ3) is 4.65. The summed E-state index contributed by atoms with van der Waals surface area (Å²) in [5.41, 5.74) is 2.33. The maximum Gasteiger partial charge on any atom is 0.255 e. The molecule has 3 N–H and O–H groups in total. The van der Waals surface area contributed by atoms with Gasteiger partial charge in [0.15, 0.2) is 0 Å². The fraction of sp³-hybridized carbons (Fsp3) is 0.130. The topological polar surface area (TPSA) is 100 Å². The van der Waals surface area contributed by atoms with E-state index in [1.807, 2.05) is 0 Å². The summed E-state index contributed by atoms with van der Waals surface area (Å²) >= 11 is 0. The zero-order valence-electron chi connectivity index (χ0n) is 16.5. The molecule has 0 saturated heterocycles. The summed E-state index contributed by atoms with van der Waals surface area (Å²) in [6.07, 6.45) is 5.07. The molecule has 0 aliphatic heterocycles. The number of nitrogens with zero attached hydrogens (tertiary/aromatic N) is 1. The second kappa shape index (κ2) is 9.27. The van der Waals surface area contributed by atoms with Crippen LogP contribution >= 0.6 is 0 Å². The van der Waals surface area contributed by atoms with E-state index >= 15 is 0 Å². The minimum absolute atomic E-state index is 0.0177. The van der Waals surface area contributed by atoms with Crippen molar-refractivity contribution in [3.63, 3.8) is 0 Å². The van der Waals surface area contributed by atoms with Gasteiger partial charge in [0.1, 0.15) is 23.9 Å². The van der Waals surface area contributed by atoms with Crippen molar-refractivity contribution in [2.45, 2.75) is 6.54 Å². The molecule has 4 rings (SSSR count). The molecule has 31 heavy (non-hydrogen) atoms. The van der Waals surface area contributed by atoms with Gasteiger partial charge in [-0.05, 0) is 48.0 Å². The molecule has 1 amide bonds. The van der Waals surface area contributed by atoms with E-state index in [0.717, 1.165) is 5.56 Å². The number of fused-ring (bicyclic) bond motifs is 1. The lowest BCUT2D eigenvalue weighted by Gasteiger charge is -2.12. The van der Waals surface area contributed by atoms with Crippen LogP contribution in [0.25, 0.3) is 23.1 Å². The Labute approximate surface area is 177 Å². The predicted molar refractivity (Wildman–Crippen MR) is 114 cm³/mol. The highest BCUT2D eigenvalue weighted by molar-refractivity contribution is 6.05. The average Bonchev–Trinajstić information content (AvgIpc) is 3.45. The lowest BCUT2D eigenvalue weighted by atomic mass is 10.1. The Kier molecular flexibility index (Phi) is 6.09. The van der Waals surface area contributed by atoms with Gasteiger partial charge in [-0.2, -0.15) is 5.10 Å². The van der Waals surface area contributed by atoms with Gasteiger partial charge in [0.2, 0.25) is 0 Å². The van der Waals surface area contributed by atoms with Crippen LogP contribution in [0.5, 0.6) is 5.75 Å². The summed E-state index contributed by atoms with van der Waals surface area (Å²) in [6, 6.07) is 12.9. The number of rotatable bonds is 8. The maximum atomic E-state index is 13.1. The number of aromatic nitrogens is 2. The summed E-state index contributed by atoms with van der Waals surface area (Å²) in [6.45, 7) is 0.0400. The van der Waals surface area contributed by atoms with Crippen molar-refractivity contribution < 1.29 is 23.4 Å². The number of aromatic amines is 1. The summed E-state index contributed by atoms with van der Waals surface area (Å²) in [7, 11) is 0. The molecule has 0 aliphatic carbocycles. The van der Waals surface area contributed by atoms with E-state index in [4.69, 9.17) is 9.15 Å². The van der Waals surface area contributed by atoms with E-state index < -0.39 is 0 Å². The number of amides is 1. The minimum Gasteiger partial charge on any atom is -0.490 e. The van der Waals surface area contributed by atoms with Gasteiger partial charge in [-0.3, -0.25) is 9.89 Å². The van der Waals surface area contributed by atoms with Crippen LogP contribution in [0.2, 0.25) is 0 Å². The van der Waals surface area contributed by atoms with Gasteiger partial charge in [0.05, 0.1) is 41.6 Å². The first-order chi connectivity index (χ1) is 15.2. The minimum atomic E-state index is -0.346. The van der Waals surface area contributed by atoms with E-state index in [1.165, 1.54) is 18.4 Å². The fourth-order valence-electron chi connectivity index (χ4n) is 3.13. The number of furan rings is 1. The summed E-state index contributed by atoms with van der Waals surface area (Å²) in [5, 5.41) is 19.9. The molecular formula is C23H20FN3O4. The third-order valence-corrected chi connectivity index (χ3v) is 4.60. The van der Waals surface area contributed by atoms with Gasteiger partial charge in [0.25, 0.3) is 5.91 Å². The van der Waals surface area contributed by atoms with E-state index in [1.54, 1.807) is 48.6 Å². The number of benzene rings is 2. The molecule has 0 radical (unpaired) electrons. The van der Waals surface area contributed by atoms with Gasteiger partial charge in [-0.25, -0.2) is 4.39 Å². The SMILES string of the molecule is O=C(NCc1ccco1)c1ccc2[nH]nc(/C=C/c3ccc(F)cc3)c2c1OCCO. The lowest BCUT2D eigenvalue weighted by Crippen LogP contribution is -2.23. The second-order valence-corrected chi connectivity index (χ2v) is 6.69. The molecule has 0 atom stereocenters. The number of hydrogen-bond donors (Lipinski definition) is 3. The van der Waals surface area contributed by atoms with Crippen LogP contribution in [-0.4, -0.2) is 34.4 Å². The molecule has 2 heterocycles. The molecule has 158 valence electrons. The van der Waals surface area contributed by atoms with Crippen LogP contribution in [0.3, 0.4) is 0 Å². The number of nitrogens with one attached hydrogen (secondary N) is 2. The highest BCUT2D eigenvalue weighted by atomic mass is 19.1. The standard InChI is InChI=1S/C23H20FN3O4/c24-16-6-3-15(4-7-16)5-9-19-21-20(27-26-19)10-8-18(22(21)31-13-11-28)23(29)25-14-17-2-1-12-30-17/h1-10,12,28H,11,13-14H2,(H,25,29)(H,26,27)/b9-5+. The average molecular weight is 421 g/mol. The number of carbonyl (C=O) groups excluding carboxylic acids is 1. The van der Waals surface area contributed by atoms with Gasteiger partial charge < -0.3 is 19.6 Å². The van der Waals surface area contributed by atoms with E-state index in [9.17, 15) is 14.3 Å². The number of ether oxygens (including phenoxy) is 1. The predicted octanol–water partition coefficient (Wildman–Crippen LogP) is 3.77. The highest BCUT2D eigenvalue weighted by Gasteiger charge is 2.19. The van der Waals surface area contributed by atoms with Crippen LogP contribution in [0.4, 0.5) is 4.39 Å².